The first-order valence-electron chi connectivity index (χ1n) is 6.58. The zero-order valence-electron chi connectivity index (χ0n) is 12.5. The third kappa shape index (κ3) is 3.28. The van der Waals surface area contributed by atoms with Crippen molar-refractivity contribution < 1.29 is 13.9 Å². The predicted octanol–water partition coefficient (Wildman–Crippen LogP) is 1.84. The van der Waals surface area contributed by atoms with E-state index in [0.717, 1.165) is 5.56 Å². The fraction of sp³-hybridized carbons (Fsp3) is 0.400. The summed E-state index contributed by atoms with van der Waals surface area (Å²) in [6.07, 6.45) is 0. The van der Waals surface area contributed by atoms with Gasteiger partial charge in [0.2, 0.25) is 5.89 Å². The molecule has 2 N–H and O–H groups in total. The van der Waals surface area contributed by atoms with Gasteiger partial charge < -0.3 is 14.9 Å². The number of ether oxygens (including phenoxy) is 1. The third-order valence-corrected chi connectivity index (χ3v) is 2.81. The molecule has 6 heteroatoms. The number of benzene rings is 1. The van der Waals surface area contributed by atoms with E-state index < -0.39 is 23.2 Å². The number of hydrogen-bond donors (Lipinski definition) is 1. The van der Waals surface area contributed by atoms with Crippen molar-refractivity contribution in [1.82, 2.24) is 4.98 Å². The summed E-state index contributed by atoms with van der Waals surface area (Å²) in [7, 11) is 0. The van der Waals surface area contributed by atoms with Gasteiger partial charge in [0.15, 0.2) is 6.04 Å². The van der Waals surface area contributed by atoms with Crippen LogP contribution < -0.4 is 11.4 Å². The molecule has 1 aromatic carbocycles. The fourth-order valence-electron chi connectivity index (χ4n) is 1.90. The van der Waals surface area contributed by atoms with E-state index in [9.17, 15) is 9.59 Å². The second-order valence-corrected chi connectivity index (χ2v) is 5.82. The molecule has 0 aliphatic carbocycles. The molecule has 2 aromatic rings. The van der Waals surface area contributed by atoms with E-state index in [1.54, 1.807) is 45.9 Å². The number of fused-ring (bicyclic) bond motifs is 1. The minimum absolute atomic E-state index is 0.146. The standard InChI is InChI=1S/C15H18N2O4/c1-8-6-5-7-9-10(8)13(18)20-12(17-9)11(16)14(19)21-15(2,3)4/h5-7,11H,16H2,1-4H3. The number of hydrogen-bond acceptors (Lipinski definition) is 6. The fourth-order valence-corrected chi connectivity index (χ4v) is 1.90. The van der Waals surface area contributed by atoms with Crippen LogP contribution in [-0.2, 0) is 9.53 Å². The summed E-state index contributed by atoms with van der Waals surface area (Å²) in [6, 6.07) is 3.99. The molecule has 0 amide bonds. The van der Waals surface area contributed by atoms with E-state index in [2.05, 4.69) is 4.98 Å². The average Bonchev–Trinajstić information content (AvgIpc) is 2.35. The number of nitrogens with zero attached hydrogens (tertiary/aromatic N) is 1. The Morgan fingerprint density at radius 3 is 2.67 bits per heavy atom. The van der Waals surface area contributed by atoms with Crippen LogP contribution in [0.1, 0.15) is 38.3 Å². The molecule has 1 heterocycles. The van der Waals surface area contributed by atoms with Crippen LogP contribution in [0.5, 0.6) is 0 Å². The molecule has 1 aromatic heterocycles. The first-order chi connectivity index (χ1) is 9.69. The Kier molecular flexibility index (Phi) is 3.82. The van der Waals surface area contributed by atoms with Crippen LogP contribution in [-0.4, -0.2) is 16.6 Å². The van der Waals surface area contributed by atoms with Gasteiger partial charge in [0.25, 0.3) is 0 Å². The summed E-state index contributed by atoms with van der Waals surface area (Å²) in [5.74, 6) is -0.836. The van der Waals surface area contributed by atoms with Crippen LogP contribution in [0, 0.1) is 6.92 Å². The predicted molar refractivity (Wildman–Crippen MR) is 77.8 cm³/mol. The van der Waals surface area contributed by atoms with Crippen LogP contribution in [0.4, 0.5) is 0 Å². The molecule has 2 rings (SSSR count). The third-order valence-electron chi connectivity index (χ3n) is 2.81. The van der Waals surface area contributed by atoms with Crippen LogP contribution in [0.3, 0.4) is 0 Å². The highest BCUT2D eigenvalue weighted by Crippen LogP contribution is 2.18. The normalized spacial score (nSPS) is 13.2. The Hall–Kier alpha value is -2.21. The van der Waals surface area contributed by atoms with Crippen molar-refractivity contribution in [3.8, 4) is 0 Å². The molecule has 0 saturated heterocycles. The highest BCUT2D eigenvalue weighted by Gasteiger charge is 2.27. The SMILES string of the molecule is Cc1cccc2nc(C(N)C(=O)OC(C)(C)C)oc(=O)c12. The van der Waals surface area contributed by atoms with Crippen LogP contribution in [0.2, 0.25) is 0 Å². The number of carbonyl (C=O) groups is 1. The molecule has 6 nitrogen and oxygen atoms in total. The maximum absolute atomic E-state index is 12.0. The Balaban J connectivity index is 2.44. The lowest BCUT2D eigenvalue weighted by molar-refractivity contribution is -0.157. The van der Waals surface area contributed by atoms with Gasteiger partial charge >= 0.3 is 11.6 Å². The molecule has 0 fully saturated rings. The van der Waals surface area contributed by atoms with Gasteiger partial charge in [-0.1, -0.05) is 12.1 Å². The van der Waals surface area contributed by atoms with Gasteiger partial charge in [-0.3, -0.25) is 0 Å². The lowest BCUT2D eigenvalue weighted by atomic mass is 10.1. The van der Waals surface area contributed by atoms with Crippen molar-refractivity contribution >= 4 is 16.9 Å². The van der Waals surface area contributed by atoms with E-state index in [4.69, 9.17) is 14.9 Å². The molecule has 1 unspecified atom stereocenters. The van der Waals surface area contributed by atoms with Crippen LogP contribution in [0.15, 0.2) is 27.4 Å². The van der Waals surface area contributed by atoms with Crippen molar-refractivity contribution in [2.45, 2.75) is 39.3 Å². The molecule has 0 aliphatic rings. The number of aromatic nitrogens is 1. The van der Waals surface area contributed by atoms with Crippen LogP contribution in [0.25, 0.3) is 10.9 Å². The summed E-state index contributed by atoms with van der Waals surface area (Å²) in [5.41, 5.74) is 5.73. The second-order valence-electron chi connectivity index (χ2n) is 5.82. The lowest BCUT2D eigenvalue weighted by Gasteiger charge is -2.21. The first-order valence-corrected chi connectivity index (χ1v) is 6.58. The number of carbonyl (C=O) groups excluding carboxylic acids is 1. The maximum Gasteiger partial charge on any atom is 0.347 e. The van der Waals surface area contributed by atoms with Gasteiger partial charge in [0.05, 0.1) is 10.9 Å². The summed E-state index contributed by atoms with van der Waals surface area (Å²) < 4.78 is 10.2. The topological polar surface area (TPSA) is 95.4 Å². The Morgan fingerprint density at radius 2 is 2.05 bits per heavy atom. The van der Waals surface area contributed by atoms with Gasteiger partial charge in [-0.15, -0.1) is 0 Å². The van der Waals surface area contributed by atoms with Gasteiger partial charge in [0.1, 0.15) is 5.60 Å². The van der Waals surface area contributed by atoms with Crippen molar-refractivity contribution in [1.29, 1.82) is 0 Å². The van der Waals surface area contributed by atoms with E-state index in [-0.39, 0.29) is 5.89 Å². The molecule has 0 bridgehead atoms. The van der Waals surface area contributed by atoms with E-state index in [1.165, 1.54) is 0 Å². The first kappa shape index (κ1) is 15.2. The van der Waals surface area contributed by atoms with Gasteiger partial charge in [-0.05, 0) is 39.3 Å². The minimum atomic E-state index is -1.23. The molecule has 0 radical (unpaired) electrons. The van der Waals surface area contributed by atoms with Gasteiger partial charge in [-0.25, -0.2) is 14.6 Å². The lowest BCUT2D eigenvalue weighted by Crippen LogP contribution is -2.32. The Labute approximate surface area is 121 Å². The minimum Gasteiger partial charge on any atom is -0.458 e. The number of esters is 1. The van der Waals surface area contributed by atoms with Crippen LogP contribution >= 0.6 is 0 Å². The summed E-state index contributed by atoms with van der Waals surface area (Å²) in [4.78, 5) is 28.1. The number of rotatable bonds is 2. The molecule has 1 atom stereocenters. The zero-order valence-corrected chi connectivity index (χ0v) is 12.5. The van der Waals surface area contributed by atoms with E-state index in [1.807, 2.05) is 0 Å². The number of aryl methyl sites for hydroxylation is 1. The van der Waals surface area contributed by atoms with Crippen molar-refractivity contribution in [3.63, 3.8) is 0 Å². The van der Waals surface area contributed by atoms with Gasteiger partial charge in [0, 0.05) is 0 Å². The molecular formula is C15H18N2O4. The highest BCUT2D eigenvalue weighted by molar-refractivity contribution is 5.81. The monoisotopic (exact) mass is 290 g/mol. The Morgan fingerprint density at radius 1 is 1.38 bits per heavy atom. The Bertz CT molecular complexity index is 743. The number of nitrogens with two attached hydrogens (primary N) is 1. The molecule has 0 saturated carbocycles. The molecular weight excluding hydrogens is 272 g/mol. The second kappa shape index (κ2) is 5.29. The average molecular weight is 290 g/mol. The van der Waals surface area contributed by atoms with Gasteiger partial charge in [-0.2, -0.15) is 0 Å². The van der Waals surface area contributed by atoms with Crippen molar-refractivity contribution in [2.75, 3.05) is 0 Å². The summed E-state index contributed by atoms with van der Waals surface area (Å²) in [6.45, 7) is 6.97. The maximum atomic E-state index is 12.0. The molecule has 0 aliphatic heterocycles. The zero-order chi connectivity index (χ0) is 15.8. The molecule has 21 heavy (non-hydrogen) atoms. The summed E-state index contributed by atoms with van der Waals surface area (Å²) in [5, 5.41) is 0.387. The molecule has 0 spiro atoms. The quantitative estimate of drug-likeness (QED) is 0.848. The van der Waals surface area contributed by atoms with Crippen molar-refractivity contribution in [2.24, 2.45) is 5.73 Å². The van der Waals surface area contributed by atoms with Crippen molar-refractivity contribution in [3.05, 3.63) is 40.1 Å². The highest BCUT2D eigenvalue weighted by atomic mass is 16.6. The summed E-state index contributed by atoms with van der Waals surface area (Å²) >= 11 is 0. The molecule has 112 valence electrons. The smallest absolute Gasteiger partial charge is 0.347 e. The largest absolute Gasteiger partial charge is 0.458 e. The van der Waals surface area contributed by atoms with E-state index in [0.29, 0.717) is 10.9 Å². The van der Waals surface area contributed by atoms with E-state index >= 15 is 0 Å².